The maximum Gasteiger partial charge on any atom is 0.244 e. The van der Waals surface area contributed by atoms with Gasteiger partial charge in [0.1, 0.15) is 17.3 Å². The minimum absolute atomic E-state index is 0.126. The molecule has 0 amide bonds. The summed E-state index contributed by atoms with van der Waals surface area (Å²) in [6.07, 6.45) is 4.24. The lowest BCUT2D eigenvalue weighted by Gasteiger charge is -2.30. The average Bonchev–Trinajstić information content (AvgIpc) is 2.74. The van der Waals surface area contributed by atoms with Gasteiger partial charge in [-0.05, 0) is 37.1 Å². The molecular weight excluding hydrogens is 378 g/mol. The Kier molecular flexibility index (Phi) is 5.41. The highest BCUT2D eigenvalue weighted by Crippen LogP contribution is 2.31. The fourth-order valence-electron chi connectivity index (χ4n) is 3.56. The molecule has 0 spiro atoms. The molecular formula is C20H25N3O4S. The maximum absolute atomic E-state index is 12.7. The molecule has 1 fully saturated rings. The van der Waals surface area contributed by atoms with Gasteiger partial charge in [0.05, 0.1) is 6.54 Å². The summed E-state index contributed by atoms with van der Waals surface area (Å²) < 4.78 is 38.8. The Morgan fingerprint density at radius 1 is 1.11 bits per heavy atom. The first-order valence-corrected chi connectivity index (χ1v) is 11.0. The number of nitrogens with zero attached hydrogens (tertiary/aromatic N) is 3. The van der Waals surface area contributed by atoms with Crippen LogP contribution in [0, 0.1) is 0 Å². The average molecular weight is 404 g/mol. The minimum Gasteiger partial charge on any atom is -0.486 e. The van der Waals surface area contributed by atoms with Gasteiger partial charge in [0.2, 0.25) is 10.0 Å². The van der Waals surface area contributed by atoms with Crippen molar-refractivity contribution in [1.82, 2.24) is 9.29 Å². The molecule has 7 nitrogen and oxygen atoms in total. The van der Waals surface area contributed by atoms with Crippen molar-refractivity contribution in [2.45, 2.75) is 30.3 Å². The Bertz CT molecular complexity index is 911. The van der Waals surface area contributed by atoms with Gasteiger partial charge in [-0.2, -0.15) is 4.31 Å². The summed E-state index contributed by atoms with van der Waals surface area (Å²) in [5, 5.41) is 0. The topological polar surface area (TPSA) is 72.0 Å². The van der Waals surface area contributed by atoms with Gasteiger partial charge in [-0.25, -0.2) is 13.4 Å². The minimum atomic E-state index is -3.46. The van der Waals surface area contributed by atoms with Crippen molar-refractivity contribution in [1.29, 1.82) is 0 Å². The largest absolute Gasteiger partial charge is 0.486 e. The van der Waals surface area contributed by atoms with Crippen LogP contribution in [0.2, 0.25) is 0 Å². The summed E-state index contributed by atoms with van der Waals surface area (Å²) in [4.78, 5) is 6.56. The van der Waals surface area contributed by atoms with Gasteiger partial charge < -0.3 is 14.4 Å². The van der Waals surface area contributed by atoms with Crippen molar-refractivity contribution in [3.8, 4) is 11.5 Å². The van der Waals surface area contributed by atoms with Crippen LogP contribution in [-0.4, -0.2) is 57.1 Å². The fourth-order valence-corrected chi connectivity index (χ4v) is 5.02. The Balaban J connectivity index is 1.41. The molecule has 150 valence electrons. The summed E-state index contributed by atoms with van der Waals surface area (Å²) in [6.45, 7) is 2.22. The molecule has 1 saturated heterocycles. The van der Waals surface area contributed by atoms with Crippen LogP contribution in [0.3, 0.4) is 0 Å². The SMILES string of the molecule is CN(C[C@@H]1COc2ccccc2O1)c1ccc(S(=O)(=O)N2CCCCC2)cn1. The second kappa shape index (κ2) is 7.97. The first-order valence-electron chi connectivity index (χ1n) is 9.60. The normalized spacial score (nSPS) is 20.0. The molecule has 1 aromatic heterocycles. The highest BCUT2D eigenvalue weighted by Gasteiger charge is 2.27. The Hall–Kier alpha value is -2.32. The number of fused-ring (bicyclic) bond motifs is 1. The van der Waals surface area contributed by atoms with Crippen molar-refractivity contribution in [3.05, 3.63) is 42.6 Å². The zero-order chi connectivity index (χ0) is 19.6. The number of anilines is 1. The molecule has 3 heterocycles. The molecule has 0 N–H and O–H groups in total. The third-order valence-corrected chi connectivity index (χ3v) is 6.99. The predicted molar refractivity (Wildman–Crippen MR) is 106 cm³/mol. The number of hydrogen-bond acceptors (Lipinski definition) is 6. The van der Waals surface area contributed by atoms with Gasteiger partial charge in [-0.1, -0.05) is 18.6 Å². The summed E-state index contributed by atoms with van der Waals surface area (Å²) in [5.74, 6) is 2.19. The standard InChI is InChI=1S/C20H25N3O4S/c1-22(14-16-15-26-18-7-3-4-8-19(18)27-16)20-10-9-17(13-21-20)28(24,25)23-11-5-2-6-12-23/h3-4,7-10,13,16H,2,5-6,11-12,14-15H2,1H3/t16-/m1/s1. The number of sulfonamides is 1. The van der Waals surface area contributed by atoms with Gasteiger partial charge >= 0.3 is 0 Å². The maximum atomic E-state index is 12.7. The van der Waals surface area contributed by atoms with Crippen molar-refractivity contribution in [2.75, 3.05) is 38.2 Å². The summed E-state index contributed by atoms with van der Waals surface area (Å²) in [6, 6.07) is 11.0. The third kappa shape index (κ3) is 3.93. The lowest BCUT2D eigenvalue weighted by Crippen LogP contribution is -2.39. The monoisotopic (exact) mass is 403 g/mol. The van der Waals surface area contributed by atoms with Crippen molar-refractivity contribution < 1.29 is 17.9 Å². The van der Waals surface area contributed by atoms with E-state index in [1.54, 1.807) is 16.4 Å². The van der Waals surface area contributed by atoms with E-state index in [4.69, 9.17) is 9.47 Å². The number of rotatable bonds is 5. The van der Waals surface area contributed by atoms with Crippen molar-refractivity contribution in [3.63, 3.8) is 0 Å². The second-order valence-corrected chi connectivity index (χ2v) is 9.13. The third-order valence-electron chi connectivity index (χ3n) is 5.11. The number of aromatic nitrogens is 1. The molecule has 0 aliphatic carbocycles. The molecule has 8 heteroatoms. The first-order chi connectivity index (χ1) is 13.5. The Morgan fingerprint density at radius 3 is 2.57 bits per heavy atom. The molecule has 2 aliphatic heterocycles. The summed E-state index contributed by atoms with van der Waals surface area (Å²) >= 11 is 0. The molecule has 0 saturated carbocycles. The molecule has 0 radical (unpaired) electrons. The molecule has 2 aromatic rings. The zero-order valence-electron chi connectivity index (χ0n) is 16.0. The number of para-hydroxylation sites is 2. The molecule has 1 aromatic carbocycles. The Morgan fingerprint density at radius 2 is 1.86 bits per heavy atom. The van der Waals surface area contributed by atoms with Crippen molar-refractivity contribution in [2.24, 2.45) is 0 Å². The zero-order valence-corrected chi connectivity index (χ0v) is 16.8. The number of hydrogen-bond donors (Lipinski definition) is 0. The predicted octanol–water partition coefficient (Wildman–Crippen LogP) is 2.53. The first kappa shape index (κ1) is 19.0. The van der Waals surface area contributed by atoms with Crippen LogP contribution < -0.4 is 14.4 Å². The van der Waals surface area contributed by atoms with Gasteiger partial charge in [0.25, 0.3) is 0 Å². The molecule has 2 aliphatic rings. The van der Waals surface area contributed by atoms with E-state index in [0.717, 1.165) is 30.8 Å². The quantitative estimate of drug-likeness (QED) is 0.764. The Labute approximate surface area is 165 Å². The van der Waals surface area contributed by atoms with Gasteiger partial charge in [-0.3, -0.25) is 0 Å². The molecule has 1 atom stereocenters. The number of piperidine rings is 1. The van der Waals surface area contributed by atoms with Crippen LogP contribution in [0.25, 0.3) is 0 Å². The lowest BCUT2D eigenvalue weighted by atomic mass is 10.2. The van der Waals surface area contributed by atoms with Crippen LogP contribution in [-0.2, 0) is 10.0 Å². The van der Waals surface area contributed by atoms with E-state index in [2.05, 4.69) is 4.98 Å². The van der Waals surface area contributed by atoms with E-state index >= 15 is 0 Å². The van der Waals surface area contributed by atoms with Crippen LogP contribution in [0.1, 0.15) is 19.3 Å². The number of benzene rings is 1. The lowest BCUT2D eigenvalue weighted by molar-refractivity contribution is 0.0959. The van der Waals surface area contributed by atoms with Gasteiger partial charge in [0, 0.05) is 26.3 Å². The molecule has 0 bridgehead atoms. The van der Waals surface area contributed by atoms with E-state index in [-0.39, 0.29) is 11.0 Å². The smallest absolute Gasteiger partial charge is 0.244 e. The summed E-state index contributed by atoms with van der Waals surface area (Å²) in [7, 11) is -1.55. The number of likely N-dealkylation sites (N-methyl/N-ethyl adjacent to an activating group) is 1. The van der Waals surface area contributed by atoms with E-state index in [1.807, 2.05) is 36.2 Å². The van der Waals surface area contributed by atoms with E-state index in [9.17, 15) is 8.42 Å². The highest BCUT2D eigenvalue weighted by molar-refractivity contribution is 7.89. The van der Waals surface area contributed by atoms with Gasteiger partial charge in [0.15, 0.2) is 17.6 Å². The number of pyridine rings is 1. The van der Waals surface area contributed by atoms with Gasteiger partial charge in [-0.15, -0.1) is 0 Å². The van der Waals surface area contributed by atoms with E-state index < -0.39 is 10.0 Å². The number of ether oxygens (including phenoxy) is 2. The van der Waals surface area contributed by atoms with E-state index in [0.29, 0.717) is 32.1 Å². The van der Waals surface area contributed by atoms with Crippen molar-refractivity contribution >= 4 is 15.8 Å². The summed E-state index contributed by atoms with van der Waals surface area (Å²) in [5.41, 5.74) is 0. The van der Waals surface area contributed by atoms with Crippen LogP contribution in [0.4, 0.5) is 5.82 Å². The van der Waals surface area contributed by atoms with E-state index in [1.165, 1.54) is 6.20 Å². The molecule has 4 rings (SSSR count). The van der Waals surface area contributed by atoms with Crippen LogP contribution in [0.15, 0.2) is 47.5 Å². The highest BCUT2D eigenvalue weighted by atomic mass is 32.2. The van der Waals surface area contributed by atoms with Crippen LogP contribution in [0.5, 0.6) is 11.5 Å². The second-order valence-electron chi connectivity index (χ2n) is 7.19. The van der Waals surface area contributed by atoms with Crippen LogP contribution >= 0.6 is 0 Å². The fraction of sp³-hybridized carbons (Fsp3) is 0.450. The molecule has 0 unspecified atom stereocenters. The molecule has 28 heavy (non-hydrogen) atoms.